The smallest absolute Gasteiger partial charge is 0.335 e. The molecular weight excluding hydrogens is 270 g/mol. The molecule has 0 bridgehead atoms. The van der Waals surface area contributed by atoms with Crippen molar-refractivity contribution in [1.29, 1.82) is 0 Å². The SMILES string of the molecule is CNCCN(C)C(=O)N1CCc2c(cccc2C(=O)O)C1. The molecule has 114 valence electrons. The van der Waals surface area contributed by atoms with E-state index in [1.807, 2.05) is 13.1 Å². The second-order valence-corrected chi connectivity index (χ2v) is 5.23. The van der Waals surface area contributed by atoms with E-state index in [1.54, 1.807) is 29.0 Å². The van der Waals surface area contributed by atoms with Crippen molar-refractivity contribution in [2.24, 2.45) is 0 Å². The van der Waals surface area contributed by atoms with Crippen molar-refractivity contribution in [3.05, 3.63) is 34.9 Å². The van der Waals surface area contributed by atoms with Gasteiger partial charge in [0.05, 0.1) is 5.56 Å². The molecule has 0 atom stereocenters. The molecule has 0 unspecified atom stereocenters. The van der Waals surface area contributed by atoms with Crippen molar-refractivity contribution in [2.45, 2.75) is 13.0 Å². The molecule has 2 amide bonds. The number of carbonyl (C=O) groups excluding carboxylic acids is 1. The van der Waals surface area contributed by atoms with Crippen LogP contribution in [0.15, 0.2) is 18.2 Å². The number of hydrogen-bond acceptors (Lipinski definition) is 3. The molecule has 0 fully saturated rings. The van der Waals surface area contributed by atoms with Crippen molar-refractivity contribution in [1.82, 2.24) is 15.1 Å². The number of likely N-dealkylation sites (N-methyl/N-ethyl adjacent to an activating group) is 2. The fourth-order valence-electron chi connectivity index (χ4n) is 2.59. The number of aromatic carboxylic acids is 1. The highest BCUT2D eigenvalue weighted by Gasteiger charge is 2.25. The molecule has 1 aromatic carbocycles. The summed E-state index contributed by atoms with van der Waals surface area (Å²) in [5, 5.41) is 12.2. The minimum absolute atomic E-state index is 0.0170. The van der Waals surface area contributed by atoms with E-state index in [9.17, 15) is 14.7 Å². The molecule has 6 heteroatoms. The molecule has 0 aromatic heterocycles. The van der Waals surface area contributed by atoms with Gasteiger partial charge in [-0.2, -0.15) is 0 Å². The van der Waals surface area contributed by atoms with Crippen LogP contribution in [0.1, 0.15) is 21.5 Å². The van der Waals surface area contributed by atoms with Crippen LogP contribution in [0.3, 0.4) is 0 Å². The van der Waals surface area contributed by atoms with E-state index in [2.05, 4.69) is 5.32 Å². The van der Waals surface area contributed by atoms with Gasteiger partial charge in [-0.05, 0) is 30.7 Å². The average Bonchev–Trinajstić information content (AvgIpc) is 2.50. The average molecular weight is 291 g/mol. The number of nitrogens with zero attached hydrogens (tertiary/aromatic N) is 2. The second kappa shape index (κ2) is 6.58. The first kappa shape index (κ1) is 15.3. The summed E-state index contributed by atoms with van der Waals surface area (Å²) >= 11 is 0. The molecule has 1 aromatic rings. The van der Waals surface area contributed by atoms with E-state index < -0.39 is 5.97 Å². The first-order valence-electron chi connectivity index (χ1n) is 7.03. The zero-order chi connectivity index (χ0) is 15.4. The first-order chi connectivity index (χ1) is 10.0. The van der Waals surface area contributed by atoms with Gasteiger partial charge in [0, 0.05) is 33.2 Å². The Bertz CT molecular complexity index is 545. The Kier molecular flexibility index (Phi) is 4.80. The lowest BCUT2D eigenvalue weighted by atomic mass is 9.94. The van der Waals surface area contributed by atoms with E-state index in [1.165, 1.54) is 0 Å². The monoisotopic (exact) mass is 291 g/mol. The summed E-state index contributed by atoms with van der Waals surface area (Å²) in [5.41, 5.74) is 2.13. The molecule has 0 spiro atoms. The summed E-state index contributed by atoms with van der Waals surface area (Å²) in [6, 6.07) is 5.24. The minimum Gasteiger partial charge on any atom is -0.478 e. The largest absolute Gasteiger partial charge is 0.478 e. The van der Waals surface area contributed by atoms with Crippen molar-refractivity contribution < 1.29 is 14.7 Å². The zero-order valence-electron chi connectivity index (χ0n) is 12.4. The van der Waals surface area contributed by atoms with Crippen LogP contribution in [0.5, 0.6) is 0 Å². The fraction of sp³-hybridized carbons (Fsp3) is 0.467. The number of fused-ring (bicyclic) bond motifs is 1. The number of urea groups is 1. The number of benzene rings is 1. The number of rotatable bonds is 4. The van der Waals surface area contributed by atoms with E-state index in [4.69, 9.17) is 0 Å². The predicted molar refractivity (Wildman–Crippen MR) is 79.5 cm³/mol. The maximum absolute atomic E-state index is 12.3. The van der Waals surface area contributed by atoms with Gasteiger partial charge in [-0.25, -0.2) is 9.59 Å². The van der Waals surface area contributed by atoms with Gasteiger partial charge in [-0.15, -0.1) is 0 Å². The molecule has 1 heterocycles. The third-order valence-electron chi connectivity index (χ3n) is 3.79. The zero-order valence-corrected chi connectivity index (χ0v) is 12.4. The van der Waals surface area contributed by atoms with Gasteiger partial charge in [0.1, 0.15) is 0 Å². The van der Waals surface area contributed by atoms with Gasteiger partial charge in [-0.3, -0.25) is 0 Å². The molecule has 0 saturated carbocycles. The Balaban J connectivity index is 2.11. The summed E-state index contributed by atoms with van der Waals surface area (Å²) < 4.78 is 0. The predicted octanol–water partition coefficient (Wildman–Crippen LogP) is 1.01. The van der Waals surface area contributed by atoms with Gasteiger partial charge in [0.2, 0.25) is 0 Å². The van der Waals surface area contributed by atoms with Crippen LogP contribution in [0.4, 0.5) is 4.79 Å². The number of nitrogens with one attached hydrogen (secondary N) is 1. The molecule has 0 saturated heterocycles. The molecule has 2 rings (SSSR count). The number of carboxylic acid groups (broad SMARTS) is 1. The highest BCUT2D eigenvalue weighted by Crippen LogP contribution is 2.23. The summed E-state index contributed by atoms with van der Waals surface area (Å²) in [4.78, 5) is 27.0. The summed E-state index contributed by atoms with van der Waals surface area (Å²) in [6.45, 7) is 2.42. The molecular formula is C15H21N3O3. The van der Waals surface area contributed by atoms with Crippen LogP contribution >= 0.6 is 0 Å². The molecule has 2 N–H and O–H groups in total. The molecule has 0 aliphatic carbocycles. The maximum atomic E-state index is 12.3. The number of carboxylic acids is 1. The fourth-order valence-corrected chi connectivity index (χ4v) is 2.59. The Morgan fingerprint density at radius 3 is 2.86 bits per heavy atom. The summed E-state index contributed by atoms with van der Waals surface area (Å²) in [6.07, 6.45) is 0.587. The lowest BCUT2D eigenvalue weighted by Gasteiger charge is -2.32. The van der Waals surface area contributed by atoms with Crippen LogP contribution in [-0.4, -0.2) is 60.6 Å². The normalized spacial score (nSPS) is 13.7. The van der Waals surface area contributed by atoms with Crippen LogP contribution in [0.25, 0.3) is 0 Å². The Morgan fingerprint density at radius 2 is 2.19 bits per heavy atom. The molecule has 6 nitrogen and oxygen atoms in total. The van der Waals surface area contributed by atoms with E-state index in [0.29, 0.717) is 31.6 Å². The lowest BCUT2D eigenvalue weighted by molar-refractivity contribution is 0.0695. The van der Waals surface area contributed by atoms with Gasteiger partial charge in [-0.1, -0.05) is 12.1 Å². The second-order valence-electron chi connectivity index (χ2n) is 5.23. The van der Waals surface area contributed by atoms with Gasteiger partial charge < -0.3 is 20.2 Å². The van der Waals surface area contributed by atoms with Crippen LogP contribution in [0, 0.1) is 0 Å². The summed E-state index contributed by atoms with van der Waals surface area (Å²) in [7, 11) is 3.63. The van der Waals surface area contributed by atoms with E-state index >= 15 is 0 Å². The lowest BCUT2D eigenvalue weighted by Crippen LogP contribution is -2.45. The third kappa shape index (κ3) is 3.33. The van der Waals surface area contributed by atoms with Crippen molar-refractivity contribution >= 4 is 12.0 Å². The van der Waals surface area contributed by atoms with Crippen LogP contribution < -0.4 is 5.32 Å². The number of hydrogen-bond donors (Lipinski definition) is 2. The third-order valence-corrected chi connectivity index (χ3v) is 3.79. The summed E-state index contributed by atoms with van der Waals surface area (Å²) in [5.74, 6) is -0.905. The molecule has 0 radical (unpaired) electrons. The van der Waals surface area contributed by atoms with Crippen LogP contribution in [-0.2, 0) is 13.0 Å². The van der Waals surface area contributed by atoms with E-state index in [-0.39, 0.29) is 6.03 Å². The topological polar surface area (TPSA) is 72.9 Å². The van der Waals surface area contributed by atoms with Crippen molar-refractivity contribution in [2.75, 3.05) is 33.7 Å². The first-order valence-corrected chi connectivity index (χ1v) is 7.03. The minimum atomic E-state index is -0.905. The Hall–Kier alpha value is -2.08. The van der Waals surface area contributed by atoms with Crippen molar-refractivity contribution in [3.8, 4) is 0 Å². The molecule has 21 heavy (non-hydrogen) atoms. The Morgan fingerprint density at radius 1 is 1.43 bits per heavy atom. The quantitative estimate of drug-likeness (QED) is 0.868. The standard InChI is InChI=1S/C15H21N3O3/c1-16-7-9-17(2)15(21)18-8-6-12-11(10-18)4-3-5-13(12)14(19)20/h3-5,16H,6-10H2,1-2H3,(H,19,20). The highest BCUT2D eigenvalue weighted by atomic mass is 16.4. The van der Waals surface area contributed by atoms with Gasteiger partial charge in [0.25, 0.3) is 0 Å². The Labute approximate surface area is 124 Å². The van der Waals surface area contributed by atoms with Gasteiger partial charge in [0.15, 0.2) is 0 Å². The number of amides is 2. The van der Waals surface area contributed by atoms with Crippen molar-refractivity contribution in [3.63, 3.8) is 0 Å². The van der Waals surface area contributed by atoms with Gasteiger partial charge >= 0.3 is 12.0 Å². The molecule has 1 aliphatic rings. The molecule has 1 aliphatic heterocycles. The number of carbonyl (C=O) groups is 2. The van der Waals surface area contributed by atoms with Crippen LogP contribution in [0.2, 0.25) is 0 Å². The maximum Gasteiger partial charge on any atom is 0.335 e. The van der Waals surface area contributed by atoms with E-state index in [0.717, 1.165) is 17.7 Å². The highest BCUT2D eigenvalue weighted by molar-refractivity contribution is 5.90.